The first kappa shape index (κ1) is 21.4. The van der Waals surface area contributed by atoms with Crippen LogP contribution in [0.4, 0.5) is 15.6 Å². The zero-order chi connectivity index (χ0) is 21.6. The second kappa shape index (κ2) is 10.00. The molecule has 3 amide bonds. The highest BCUT2D eigenvalue weighted by Gasteiger charge is 2.30. The van der Waals surface area contributed by atoms with Gasteiger partial charge in [0, 0.05) is 56.1 Å². The number of anilines is 2. The zero-order valence-corrected chi connectivity index (χ0v) is 18.6. The number of nitrogens with one attached hydrogen (secondary N) is 2. The number of aromatic nitrogens is 1. The van der Waals surface area contributed by atoms with Gasteiger partial charge in [0.15, 0.2) is 5.13 Å². The van der Waals surface area contributed by atoms with E-state index in [9.17, 15) is 9.59 Å². The van der Waals surface area contributed by atoms with Gasteiger partial charge in [0.05, 0.1) is 13.0 Å². The molecule has 166 valence electrons. The van der Waals surface area contributed by atoms with Crippen LogP contribution in [0.15, 0.2) is 35.8 Å². The van der Waals surface area contributed by atoms with Crippen LogP contribution in [0, 0.1) is 11.8 Å². The molecule has 31 heavy (non-hydrogen) atoms. The van der Waals surface area contributed by atoms with Crippen molar-refractivity contribution < 1.29 is 14.3 Å². The minimum atomic E-state index is -0.196. The van der Waals surface area contributed by atoms with Crippen molar-refractivity contribution in [1.82, 2.24) is 15.2 Å². The lowest BCUT2D eigenvalue weighted by atomic mass is 9.97. The Labute approximate surface area is 186 Å². The van der Waals surface area contributed by atoms with Gasteiger partial charge in [-0.05, 0) is 37.3 Å². The van der Waals surface area contributed by atoms with E-state index in [-0.39, 0.29) is 17.9 Å². The molecule has 0 bridgehead atoms. The number of hydrogen-bond donors (Lipinski definition) is 2. The summed E-state index contributed by atoms with van der Waals surface area (Å²) in [6.45, 7) is 3.66. The van der Waals surface area contributed by atoms with E-state index in [0.717, 1.165) is 43.8 Å². The van der Waals surface area contributed by atoms with Crippen molar-refractivity contribution in [2.24, 2.45) is 11.8 Å². The van der Waals surface area contributed by atoms with Crippen molar-refractivity contribution in [3.05, 3.63) is 35.8 Å². The van der Waals surface area contributed by atoms with Crippen molar-refractivity contribution >= 4 is 34.1 Å². The van der Waals surface area contributed by atoms with Gasteiger partial charge in [0.2, 0.25) is 5.91 Å². The molecule has 2 aromatic rings. The number of amides is 3. The summed E-state index contributed by atoms with van der Waals surface area (Å²) in [5, 5.41) is 8.37. The van der Waals surface area contributed by atoms with E-state index < -0.39 is 0 Å². The average molecular weight is 444 g/mol. The number of urea groups is 1. The maximum atomic E-state index is 12.7. The number of likely N-dealkylation sites (tertiary alicyclic amines) is 1. The lowest BCUT2D eigenvalue weighted by Crippen LogP contribution is -2.48. The van der Waals surface area contributed by atoms with E-state index in [1.54, 1.807) is 18.2 Å². The molecule has 1 aromatic carbocycles. The minimum absolute atomic E-state index is 0.0582. The molecule has 0 aliphatic carbocycles. The second-order valence-electron chi connectivity index (χ2n) is 8.10. The highest BCUT2D eigenvalue weighted by atomic mass is 32.1. The fourth-order valence-electron chi connectivity index (χ4n) is 4.25. The van der Waals surface area contributed by atoms with Crippen molar-refractivity contribution in [3.8, 4) is 5.75 Å². The van der Waals surface area contributed by atoms with Gasteiger partial charge in [0.25, 0.3) is 0 Å². The van der Waals surface area contributed by atoms with Gasteiger partial charge in [-0.2, -0.15) is 0 Å². The summed E-state index contributed by atoms with van der Waals surface area (Å²) in [6.07, 6.45) is 4.32. The summed E-state index contributed by atoms with van der Waals surface area (Å²) in [7, 11) is 1.68. The Bertz CT molecular complexity index is 891. The number of rotatable bonds is 6. The fraction of sp³-hybridized carbons (Fsp3) is 0.500. The van der Waals surface area contributed by atoms with E-state index in [1.807, 2.05) is 23.6 Å². The molecule has 9 heteroatoms. The monoisotopic (exact) mass is 443 g/mol. The molecule has 4 rings (SSSR count). The molecular formula is C22H29N5O3S. The molecule has 0 spiro atoms. The van der Waals surface area contributed by atoms with Crippen molar-refractivity contribution in [2.45, 2.75) is 19.3 Å². The molecule has 2 N–H and O–H groups in total. The predicted molar refractivity (Wildman–Crippen MR) is 122 cm³/mol. The summed E-state index contributed by atoms with van der Waals surface area (Å²) in [5.41, 5.74) is 1.15. The Morgan fingerprint density at radius 3 is 2.97 bits per heavy atom. The molecule has 8 nitrogen and oxygen atoms in total. The van der Waals surface area contributed by atoms with Crippen LogP contribution in [0.2, 0.25) is 0 Å². The number of hydrogen-bond acceptors (Lipinski definition) is 6. The number of methoxy groups -OCH3 is 1. The Morgan fingerprint density at radius 2 is 2.16 bits per heavy atom. The van der Waals surface area contributed by atoms with Crippen molar-refractivity contribution in [1.29, 1.82) is 0 Å². The summed E-state index contributed by atoms with van der Waals surface area (Å²) in [5.74, 6) is 1.01. The Hall–Kier alpha value is -2.81. The van der Waals surface area contributed by atoms with Gasteiger partial charge < -0.3 is 25.2 Å². The first-order chi connectivity index (χ1) is 15.1. The van der Waals surface area contributed by atoms with Gasteiger partial charge in [0.1, 0.15) is 5.75 Å². The maximum Gasteiger partial charge on any atom is 0.317 e. The first-order valence-corrected chi connectivity index (χ1v) is 11.6. The highest BCUT2D eigenvalue weighted by Crippen LogP contribution is 2.27. The number of nitrogens with zero attached hydrogens (tertiary/aromatic N) is 3. The predicted octanol–water partition coefficient (Wildman–Crippen LogP) is 3.04. The fourth-order valence-corrected chi connectivity index (χ4v) is 4.78. The summed E-state index contributed by atoms with van der Waals surface area (Å²) >= 11 is 1.40. The molecule has 2 fully saturated rings. The Morgan fingerprint density at radius 1 is 1.26 bits per heavy atom. The topological polar surface area (TPSA) is 86.8 Å². The van der Waals surface area contributed by atoms with Gasteiger partial charge in [-0.25, -0.2) is 9.78 Å². The van der Waals surface area contributed by atoms with Crippen LogP contribution in [0.25, 0.3) is 0 Å². The SMILES string of the molecule is COc1cccc(N2CCC(CNC(=O)N3CCCC(C(=O)Nc4nccs4)C3)C2)c1. The normalized spacial score (nSPS) is 21.1. The van der Waals surface area contributed by atoms with Crippen LogP contribution in [-0.4, -0.2) is 61.7 Å². The molecule has 1 aromatic heterocycles. The number of benzene rings is 1. The molecule has 0 radical (unpaired) electrons. The standard InChI is InChI=1S/C22H29N5O3S/c1-30-19-6-2-5-18(12-19)26-10-7-16(14-26)13-24-22(29)27-9-3-4-17(15-27)20(28)25-21-23-8-11-31-21/h2,5-6,8,11-12,16-17H,3-4,7,9-10,13-15H2,1H3,(H,24,29)(H,23,25,28). The average Bonchev–Trinajstić information content (AvgIpc) is 3.50. The number of ether oxygens (including phenoxy) is 1. The molecule has 3 heterocycles. The second-order valence-corrected chi connectivity index (χ2v) is 8.99. The maximum absolute atomic E-state index is 12.7. The third-order valence-electron chi connectivity index (χ3n) is 5.99. The van der Waals surface area contributed by atoms with Gasteiger partial charge >= 0.3 is 6.03 Å². The molecular weight excluding hydrogens is 414 g/mol. The van der Waals surface area contributed by atoms with Crippen LogP contribution in [0.5, 0.6) is 5.75 Å². The van der Waals surface area contributed by atoms with Crippen LogP contribution in [-0.2, 0) is 4.79 Å². The van der Waals surface area contributed by atoms with Crippen LogP contribution < -0.4 is 20.3 Å². The number of carbonyl (C=O) groups is 2. The van der Waals surface area contributed by atoms with E-state index >= 15 is 0 Å². The van der Waals surface area contributed by atoms with E-state index in [0.29, 0.717) is 30.7 Å². The molecule has 0 saturated carbocycles. The van der Waals surface area contributed by atoms with E-state index in [4.69, 9.17) is 4.74 Å². The lowest BCUT2D eigenvalue weighted by molar-refractivity contribution is -0.121. The van der Waals surface area contributed by atoms with E-state index in [1.165, 1.54) is 11.3 Å². The van der Waals surface area contributed by atoms with Crippen molar-refractivity contribution in [2.75, 3.05) is 50.1 Å². The molecule has 2 atom stereocenters. The van der Waals surface area contributed by atoms with Crippen LogP contribution >= 0.6 is 11.3 Å². The van der Waals surface area contributed by atoms with Crippen LogP contribution in [0.3, 0.4) is 0 Å². The Balaban J connectivity index is 1.23. The van der Waals surface area contributed by atoms with Gasteiger partial charge in [-0.1, -0.05) is 6.07 Å². The van der Waals surface area contributed by atoms with Gasteiger partial charge in [-0.3, -0.25) is 4.79 Å². The van der Waals surface area contributed by atoms with E-state index in [2.05, 4.69) is 26.6 Å². The van der Waals surface area contributed by atoms with Gasteiger partial charge in [-0.15, -0.1) is 11.3 Å². The smallest absolute Gasteiger partial charge is 0.317 e. The summed E-state index contributed by atoms with van der Waals surface area (Å²) in [6, 6.07) is 8.01. The summed E-state index contributed by atoms with van der Waals surface area (Å²) < 4.78 is 5.32. The number of piperidine rings is 1. The molecule has 2 unspecified atom stereocenters. The molecule has 2 aliphatic heterocycles. The molecule has 2 saturated heterocycles. The zero-order valence-electron chi connectivity index (χ0n) is 17.8. The third kappa shape index (κ3) is 5.46. The molecule has 2 aliphatic rings. The summed E-state index contributed by atoms with van der Waals surface area (Å²) in [4.78, 5) is 33.4. The van der Waals surface area contributed by atoms with Crippen LogP contribution in [0.1, 0.15) is 19.3 Å². The van der Waals surface area contributed by atoms with Crippen molar-refractivity contribution in [3.63, 3.8) is 0 Å². The minimum Gasteiger partial charge on any atom is -0.497 e. The number of thiazole rings is 1. The quantitative estimate of drug-likeness (QED) is 0.717. The lowest BCUT2D eigenvalue weighted by Gasteiger charge is -2.32. The third-order valence-corrected chi connectivity index (χ3v) is 6.68. The highest BCUT2D eigenvalue weighted by molar-refractivity contribution is 7.13. The largest absolute Gasteiger partial charge is 0.497 e. The first-order valence-electron chi connectivity index (χ1n) is 10.7. The number of carbonyl (C=O) groups excluding carboxylic acids is 2. The Kier molecular flexibility index (Phi) is 6.91.